The van der Waals surface area contributed by atoms with Gasteiger partial charge in [-0.1, -0.05) is 0 Å². The van der Waals surface area contributed by atoms with E-state index in [2.05, 4.69) is 5.32 Å². The van der Waals surface area contributed by atoms with Crippen molar-refractivity contribution in [1.29, 1.82) is 0 Å². The molecule has 0 aliphatic heterocycles. The lowest BCUT2D eigenvalue weighted by Gasteiger charge is -2.24. The lowest BCUT2D eigenvalue weighted by atomic mass is 10.1. The summed E-state index contributed by atoms with van der Waals surface area (Å²) in [5.74, 6) is -6.46. The number of benzene rings is 3. The van der Waals surface area contributed by atoms with Gasteiger partial charge in [-0.3, -0.25) is 14.4 Å². The SMILES string of the molecule is COc1ccc(NC(=O)[C@H](OC(=O)c2ccc(OC(C)=O)c(OC)c2)[C@H](OC(=O)c2ccc(OC(C)=O)c(OC)c2)C(=O)O)cc1. The summed E-state index contributed by atoms with van der Waals surface area (Å²) in [6.07, 6.45) is -4.60. The molecule has 0 fully saturated rings. The molecule has 1 amide bonds. The summed E-state index contributed by atoms with van der Waals surface area (Å²) in [7, 11) is 3.92. The summed E-state index contributed by atoms with van der Waals surface area (Å²) in [5, 5.41) is 12.5. The van der Waals surface area contributed by atoms with Crippen LogP contribution >= 0.6 is 0 Å². The molecular weight excluding hydrogens is 610 g/mol. The molecule has 2 atom stereocenters. The molecule has 0 spiro atoms. The van der Waals surface area contributed by atoms with Crippen LogP contribution in [0, 0.1) is 0 Å². The summed E-state index contributed by atoms with van der Waals surface area (Å²) in [6, 6.07) is 12.9. The number of aliphatic carboxylic acids is 1. The molecule has 0 aliphatic rings. The molecule has 0 aliphatic carbocycles. The minimum atomic E-state index is -2.36. The first-order valence-corrected chi connectivity index (χ1v) is 13.2. The zero-order valence-corrected chi connectivity index (χ0v) is 25.2. The standard InChI is InChI=1S/C31H29NO14/c1-16(33)43-22-12-6-18(14-24(22)41-4)30(38)45-26(28(35)32-20-8-10-21(40-3)11-9-20)27(29(36)37)46-31(39)19-7-13-23(44-17(2)34)25(15-19)42-5/h6-15,26-27H,1-5H3,(H,32,35)(H,36,37)/t26-,27+/m1/s1. The van der Waals surface area contributed by atoms with Crippen LogP contribution in [0.3, 0.4) is 0 Å². The number of carboxylic acids is 1. The van der Waals surface area contributed by atoms with E-state index in [4.69, 9.17) is 33.2 Å². The minimum Gasteiger partial charge on any atom is -0.497 e. The van der Waals surface area contributed by atoms with Crippen molar-refractivity contribution in [1.82, 2.24) is 0 Å². The Hall–Kier alpha value is -6.12. The van der Waals surface area contributed by atoms with Gasteiger partial charge in [0, 0.05) is 19.5 Å². The second-order valence-electron chi connectivity index (χ2n) is 9.13. The van der Waals surface area contributed by atoms with Crippen LogP contribution in [0.25, 0.3) is 0 Å². The van der Waals surface area contributed by atoms with E-state index in [1.54, 1.807) is 0 Å². The third-order valence-corrected chi connectivity index (χ3v) is 5.91. The Morgan fingerprint density at radius 3 is 1.46 bits per heavy atom. The van der Waals surface area contributed by atoms with E-state index in [0.29, 0.717) is 5.75 Å². The van der Waals surface area contributed by atoms with Crippen LogP contribution < -0.4 is 29.0 Å². The average Bonchev–Trinajstić information content (AvgIpc) is 3.02. The van der Waals surface area contributed by atoms with Crippen LogP contribution in [0.2, 0.25) is 0 Å². The van der Waals surface area contributed by atoms with Crippen molar-refractivity contribution >= 4 is 41.4 Å². The van der Waals surface area contributed by atoms with Crippen LogP contribution in [0.1, 0.15) is 34.6 Å². The normalized spacial score (nSPS) is 11.6. The molecule has 15 heteroatoms. The quantitative estimate of drug-likeness (QED) is 0.204. The maximum absolute atomic E-state index is 13.4. The monoisotopic (exact) mass is 639 g/mol. The molecule has 0 radical (unpaired) electrons. The Labute approximate surface area is 261 Å². The molecule has 0 bridgehead atoms. The van der Waals surface area contributed by atoms with Gasteiger partial charge in [-0.15, -0.1) is 0 Å². The van der Waals surface area contributed by atoms with Gasteiger partial charge in [0.05, 0.1) is 32.5 Å². The highest BCUT2D eigenvalue weighted by molar-refractivity contribution is 6.01. The molecule has 3 aromatic rings. The van der Waals surface area contributed by atoms with E-state index in [1.165, 1.54) is 63.8 Å². The molecule has 46 heavy (non-hydrogen) atoms. The Morgan fingerprint density at radius 1 is 0.609 bits per heavy atom. The van der Waals surface area contributed by atoms with Crippen molar-refractivity contribution in [3.8, 4) is 28.7 Å². The molecular formula is C31H29NO14. The summed E-state index contributed by atoms with van der Waals surface area (Å²) in [4.78, 5) is 74.9. The number of amides is 1. The van der Waals surface area contributed by atoms with Gasteiger partial charge in [-0.2, -0.15) is 0 Å². The molecule has 3 aromatic carbocycles. The van der Waals surface area contributed by atoms with E-state index >= 15 is 0 Å². The number of rotatable bonds is 13. The highest BCUT2D eigenvalue weighted by Crippen LogP contribution is 2.30. The molecule has 2 N–H and O–H groups in total. The van der Waals surface area contributed by atoms with Crippen LogP contribution in [0.15, 0.2) is 60.7 Å². The van der Waals surface area contributed by atoms with E-state index in [-0.39, 0.29) is 39.8 Å². The molecule has 3 rings (SSSR count). The molecule has 15 nitrogen and oxygen atoms in total. The molecule has 0 saturated heterocycles. The van der Waals surface area contributed by atoms with Crippen molar-refractivity contribution in [2.24, 2.45) is 0 Å². The van der Waals surface area contributed by atoms with Gasteiger partial charge in [0.15, 0.2) is 23.0 Å². The lowest BCUT2D eigenvalue weighted by molar-refractivity contribution is -0.157. The van der Waals surface area contributed by atoms with Gasteiger partial charge in [0.25, 0.3) is 5.91 Å². The number of anilines is 1. The first kappa shape index (κ1) is 34.4. The fourth-order valence-electron chi connectivity index (χ4n) is 3.82. The number of hydrogen-bond donors (Lipinski definition) is 2. The number of hydrogen-bond acceptors (Lipinski definition) is 13. The number of esters is 4. The van der Waals surface area contributed by atoms with Gasteiger partial charge < -0.3 is 43.6 Å². The Bertz CT molecular complexity index is 1630. The summed E-state index contributed by atoms with van der Waals surface area (Å²) in [5.41, 5.74) is -0.304. The largest absolute Gasteiger partial charge is 0.497 e. The van der Waals surface area contributed by atoms with Crippen molar-refractivity contribution in [3.63, 3.8) is 0 Å². The van der Waals surface area contributed by atoms with E-state index < -0.39 is 48.0 Å². The molecule has 0 aromatic heterocycles. The molecule has 0 heterocycles. The predicted molar refractivity (Wildman–Crippen MR) is 156 cm³/mol. The van der Waals surface area contributed by atoms with Crippen molar-refractivity contribution in [2.75, 3.05) is 26.6 Å². The molecule has 0 unspecified atom stereocenters. The highest BCUT2D eigenvalue weighted by Gasteiger charge is 2.41. The van der Waals surface area contributed by atoms with Crippen molar-refractivity contribution < 1.29 is 67.0 Å². The number of carbonyl (C=O) groups is 6. The number of nitrogens with one attached hydrogen (secondary N) is 1. The Balaban J connectivity index is 1.97. The molecule has 242 valence electrons. The zero-order chi connectivity index (χ0) is 34.0. The third kappa shape index (κ3) is 8.95. The van der Waals surface area contributed by atoms with E-state index in [9.17, 15) is 33.9 Å². The minimum absolute atomic E-state index is 0.0205. The zero-order valence-electron chi connectivity index (χ0n) is 25.2. The topological polar surface area (TPSA) is 199 Å². The maximum atomic E-state index is 13.4. The summed E-state index contributed by atoms with van der Waals surface area (Å²) < 4.78 is 35.9. The van der Waals surface area contributed by atoms with Gasteiger partial charge in [0.2, 0.25) is 12.2 Å². The van der Waals surface area contributed by atoms with E-state index in [1.807, 2.05) is 0 Å². The van der Waals surface area contributed by atoms with Gasteiger partial charge in [-0.25, -0.2) is 14.4 Å². The number of carbonyl (C=O) groups excluding carboxylic acids is 5. The lowest BCUT2D eigenvalue weighted by Crippen LogP contribution is -2.48. The second kappa shape index (κ2) is 15.6. The van der Waals surface area contributed by atoms with Gasteiger partial charge >= 0.3 is 29.8 Å². The second-order valence-corrected chi connectivity index (χ2v) is 9.13. The van der Waals surface area contributed by atoms with Crippen LogP contribution in [-0.4, -0.2) is 74.4 Å². The Kier molecular flexibility index (Phi) is 11.6. The fraction of sp³-hybridized carbons (Fsp3) is 0.226. The first-order valence-electron chi connectivity index (χ1n) is 13.2. The third-order valence-electron chi connectivity index (χ3n) is 5.91. The Morgan fingerprint density at radius 2 is 1.07 bits per heavy atom. The number of ether oxygens (including phenoxy) is 7. The molecule has 0 saturated carbocycles. The highest BCUT2D eigenvalue weighted by atomic mass is 16.6. The van der Waals surface area contributed by atoms with Gasteiger partial charge in [0.1, 0.15) is 5.75 Å². The summed E-state index contributed by atoms with van der Waals surface area (Å²) in [6.45, 7) is 2.31. The van der Waals surface area contributed by atoms with Gasteiger partial charge in [-0.05, 0) is 60.7 Å². The number of carboxylic acid groups (broad SMARTS) is 1. The predicted octanol–water partition coefficient (Wildman–Crippen LogP) is 3.04. The van der Waals surface area contributed by atoms with E-state index in [0.717, 1.165) is 32.0 Å². The van der Waals surface area contributed by atoms with Crippen molar-refractivity contribution in [3.05, 3.63) is 71.8 Å². The van der Waals surface area contributed by atoms with Crippen molar-refractivity contribution in [2.45, 2.75) is 26.1 Å². The first-order chi connectivity index (χ1) is 21.9. The smallest absolute Gasteiger partial charge is 0.349 e. The fourth-order valence-corrected chi connectivity index (χ4v) is 3.82. The van der Waals surface area contributed by atoms with Crippen LogP contribution in [0.5, 0.6) is 28.7 Å². The maximum Gasteiger partial charge on any atom is 0.349 e. The summed E-state index contributed by atoms with van der Waals surface area (Å²) >= 11 is 0. The number of methoxy groups -OCH3 is 3. The average molecular weight is 640 g/mol. The van der Waals surface area contributed by atoms with Crippen LogP contribution in [-0.2, 0) is 28.7 Å². The van der Waals surface area contributed by atoms with Crippen LogP contribution in [0.4, 0.5) is 5.69 Å².